The van der Waals surface area contributed by atoms with Crippen LogP contribution in [0, 0.1) is 24.0 Å². The number of aromatic amines is 1. The molecule has 0 spiro atoms. The maximum Gasteiger partial charge on any atom is 0.355 e. The number of rotatable bonds is 7. The number of unbranched alkanes of at least 4 members (excludes halogenated alkanes) is 2. The van der Waals surface area contributed by atoms with Gasteiger partial charge in [-0.15, -0.1) is 0 Å². The van der Waals surface area contributed by atoms with E-state index in [0.29, 0.717) is 34.5 Å². The Morgan fingerprint density at radius 2 is 1.85 bits per heavy atom. The molecule has 0 aliphatic carbocycles. The van der Waals surface area contributed by atoms with Gasteiger partial charge in [-0.3, -0.25) is 33.8 Å². The molecule has 0 saturated carbocycles. The fourth-order valence-corrected chi connectivity index (χ4v) is 2.99. The number of nitro groups is 1. The number of nitrogens with zero attached hydrogens (tertiary/aromatic N) is 4. The lowest BCUT2D eigenvalue weighted by Crippen LogP contribution is -2.36. The molecule has 2 heterocycles. The van der Waals surface area contributed by atoms with Crippen molar-refractivity contribution in [1.82, 2.24) is 19.1 Å². The molecule has 2 aromatic heterocycles. The first-order valence-electron chi connectivity index (χ1n) is 10.3. The van der Waals surface area contributed by atoms with Gasteiger partial charge in [-0.05, 0) is 26.3 Å². The van der Waals surface area contributed by atoms with Gasteiger partial charge in [0.25, 0.3) is 11.2 Å². The van der Waals surface area contributed by atoms with Gasteiger partial charge in [0.1, 0.15) is 5.52 Å². The van der Waals surface area contributed by atoms with E-state index in [-0.39, 0.29) is 16.9 Å². The van der Waals surface area contributed by atoms with E-state index in [1.807, 2.05) is 6.92 Å². The van der Waals surface area contributed by atoms with Crippen LogP contribution in [0.5, 0.6) is 5.75 Å². The first-order chi connectivity index (χ1) is 15.6. The van der Waals surface area contributed by atoms with Gasteiger partial charge in [0.05, 0.1) is 17.7 Å². The molecular formula is C21H27N5O7. The van der Waals surface area contributed by atoms with Crippen LogP contribution in [0.4, 0.5) is 5.69 Å². The lowest BCUT2D eigenvalue weighted by Gasteiger charge is -2.09. The molecule has 12 nitrogen and oxygen atoms in total. The molecule has 1 aromatic carbocycles. The number of carbonyl (C=O) groups excluding carboxylic acids is 1. The van der Waals surface area contributed by atoms with Crippen LogP contribution in [0.15, 0.2) is 28.0 Å². The van der Waals surface area contributed by atoms with Gasteiger partial charge in [-0.2, -0.15) is 0 Å². The van der Waals surface area contributed by atoms with Gasteiger partial charge in [0.2, 0.25) is 0 Å². The van der Waals surface area contributed by atoms with Gasteiger partial charge in [0.15, 0.2) is 11.4 Å². The summed E-state index contributed by atoms with van der Waals surface area (Å²) in [5, 5.41) is 10.8. The summed E-state index contributed by atoms with van der Waals surface area (Å²) < 4.78 is 2.37. The lowest BCUT2D eigenvalue weighted by molar-refractivity contribution is -0.385. The quantitative estimate of drug-likeness (QED) is 0.244. The molecule has 3 aromatic rings. The van der Waals surface area contributed by atoms with Gasteiger partial charge in [0, 0.05) is 31.3 Å². The number of carbonyl (C=O) groups is 1. The van der Waals surface area contributed by atoms with Crippen LogP contribution in [0.3, 0.4) is 0 Å². The predicted molar refractivity (Wildman–Crippen MR) is 120 cm³/mol. The summed E-state index contributed by atoms with van der Waals surface area (Å²) in [5.74, 6) is -0.120. The van der Waals surface area contributed by atoms with Gasteiger partial charge >= 0.3 is 11.7 Å². The van der Waals surface area contributed by atoms with E-state index in [1.54, 1.807) is 20.9 Å². The van der Waals surface area contributed by atoms with Crippen LogP contribution < -0.4 is 16.1 Å². The summed E-state index contributed by atoms with van der Waals surface area (Å²) in [6, 6.07) is 2.77. The summed E-state index contributed by atoms with van der Waals surface area (Å²) in [6.45, 7) is 5.36. The normalized spacial score (nSPS) is 10.5. The third-order valence-corrected chi connectivity index (χ3v) is 5.14. The van der Waals surface area contributed by atoms with Crippen LogP contribution in [0.25, 0.3) is 11.2 Å². The topological polar surface area (TPSA) is 151 Å². The molecule has 33 heavy (non-hydrogen) atoms. The number of hydrogen-bond donors (Lipinski definition) is 1. The maximum absolute atomic E-state index is 11.4. The Bertz CT molecular complexity index is 1270. The number of H-pyrrole nitrogens is 1. The molecule has 0 bridgehead atoms. The average molecular weight is 461 g/mol. The molecule has 0 aliphatic rings. The van der Waals surface area contributed by atoms with E-state index < -0.39 is 10.9 Å². The van der Waals surface area contributed by atoms with E-state index in [2.05, 4.69) is 9.97 Å². The fraction of sp³-hybridized carbons (Fsp3) is 0.429. The zero-order valence-corrected chi connectivity index (χ0v) is 19.2. The number of hydrogen-bond acceptors (Lipinski definition) is 8. The molecular weight excluding hydrogens is 434 g/mol. The van der Waals surface area contributed by atoms with Crippen LogP contribution in [-0.4, -0.2) is 30.0 Å². The molecule has 0 aliphatic heterocycles. The number of imidazole rings is 1. The zero-order valence-electron chi connectivity index (χ0n) is 19.2. The van der Waals surface area contributed by atoms with Crippen LogP contribution in [-0.2, 0) is 23.8 Å². The van der Waals surface area contributed by atoms with Crippen molar-refractivity contribution in [1.29, 1.82) is 0 Å². The summed E-state index contributed by atoms with van der Waals surface area (Å²) in [5.41, 5.74) is 1.11. The molecule has 0 fully saturated rings. The van der Waals surface area contributed by atoms with Crippen molar-refractivity contribution in [2.75, 3.05) is 0 Å². The van der Waals surface area contributed by atoms with E-state index >= 15 is 0 Å². The Hall–Kier alpha value is -3.96. The lowest BCUT2D eigenvalue weighted by atomic mass is 10.1. The highest BCUT2D eigenvalue weighted by molar-refractivity contribution is 5.69. The molecule has 0 amide bonds. The summed E-state index contributed by atoms with van der Waals surface area (Å²) in [4.78, 5) is 60.8. The molecule has 12 heteroatoms. The van der Waals surface area contributed by atoms with Crippen molar-refractivity contribution in [2.45, 2.75) is 46.5 Å². The second-order valence-electron chi connectivity index (χ2n) is 7.39. The van der Waals surface area contributed by atoms with Crippen molar-refractivity contribution in [3.8, 4) is 5.75 Å². The Morgan fingerprint density at radius 3 is 2.48 bits per heavy atom. The first kappa shape index (κ1) is 25.3. The number of benzene rings is 1. The summed E-state index contributed by atoms with van der Waals surface area (Å²) >= 11 is 0. The maximum atomic E-state index is 11.4. The highest BCUT2D eigenvalue weighted by Crippen LogP contribution is 2.29. The average Bonchev–Trinajstić information content (AvgIpc) is 3.28. The van der Waals surface area contributed by atoms with Crippen LogP contribution in [0.2, 0.25) is 0 Å². The highest BCUT2D eigenvalue weighted by atomic mass is 17.2. The van der Waals surface area contributed by atoms with Crippen molar-refractivity contribution in [3.63, 3.8) is 0 Å². The van der Waals surface area contributed by atoms with E-state index in [4.69, 9.17) is 9.78 Å². The minimum absolute atomic E-state index is 0.0177. The van der Waals surface area contributed by atoms with Crippen molar-refractivity contribution in [3.05, 3.63) is 60.5 Å². The standard InChI is InChI=1S/C14H19NO5.C7H8N4O2/c1-4-5-6-7-14(16)20-19-13-9-8-12(15(17)18)10(2)11(13)3;1-10-5-4(8-3-9-5)6(12)11(2)7(10)13/h8-9H,4-7H2,1-3H3;3H,1-2H3,(H,8,9). The van der Waals surface area contributed by atoms with Crippen LogP contribution >= 0.6 is 0 Å². The SMILES string of the molecule is CCCCCC(=O)OOc1ccc([N+](=O)[O-])c(C)c1C.Cn1c(=O)c2[nH]cnc2n(C)c1=O. The molecule has 0 unspecified atom stereocenters. The largest absolute Gasteiger partial charge is 0.355 e. The molecule has 0 atom stereocenters. The minimum atomic E-state index is -0.455. The molecule has 178 valence electrons. The zero-order chi connectivity index (χ0) is 24.7. The van der Waals surface area contributed by atoms with Crippen LogP contribution in [0.1, 0.15) is 43.7 Å². The second-order valence-corrected chi connectivity index (χ2v) is 7.39. The third kappa shape index (κ3) is 5.84. The Kier molecular flexibility index (Phi) is 8.49. The number of fused-ring (bicyclic) bond motifs is 1. The Balaban J connectivity index is 0.000000254. The number of nitro benzene ring substituents is 1. The summed E-state index contributed by atoms with van der Waals surface area (Å²) in [6.07, 6.45) is 4.45. The van der Waals surface area contributed by atoms with Gasteiger partial charge in [-0.1, -0.05) is 19.8 Å². The van der Waals surface area contributed by atoms with E-state index in [1.165, 1.54) is 30.1 Å². The summed E-state index contributed by atoms with van der Waals surface area (Å²) in [7, 11) is 3.01. The predicted octanol–water partition coefficient (Wildman–Crippen LogP) is 2.59. The molecule has 1 N–H and O–H groups in total. The number of nitrogens with one attached hydrogen (secondary N) is 1. The van der Waals surface area contributed by atoms with Crippen molar-refractivity contribution < 1.29 is 19.5 Å². The van der Waals surface area contributed by atoms with E-state index in [9.17, 15) is 24.5 Å². The first-order valence-corrected chi connectivity index (χ1v) is 10.3. The van der Waals surface area contributed by atoms with E-state index in [0.717, 1.165) is 23.8 Å². The smallest absolute Gasteiger partial charge is 0.339 e. The molecule has 0 radical (unpaired) electrons. The molecule has 3 rings (SSSR count). The Morgan fingerprint density at radius 1 is 1.15 bits per heavy atom. The van der Waals surface area contributed by atoms with Gasteiger partial charge in [-0.25, -0.2) is 14.6 Å². The fourth-order valence-electron chi connectivity index (χ4n) is 2.99. The Labute approximate surface area is 188 Å². The molecule has 0 saturated heterocycles. The highest BCUT2D eigenvalue weighted by Gasteiger charge is 2.17. The third-order valence-electron chi connectivity index (χ3n) is 5.14. The number of aromatic nitrogens is 4. The van der Waals surface area contributed by atoms with Crippen molar-refractivity contribution in [2.24, 2.45) is 14.1 Å². The second kappa shape index (κ2) is 11.1. The monoisotopic (exact) mass is 461 g/mol. The van der Waals surface area contributed by atoms with Crippen molar-refractivity contribution >= 4 is 22.8 Å². The number of aryl methyl sites for hydroxylation is 1. The van der Waals surface area contributed by atoms with Gasteiger partial charge < -0.3 is 4.98 Å². The minimum Gasteiger partial charge on any atom is -0.339 e.